The van der Waals surface area contributed by atoms with Gasteiger partial charge in [-0.15, -0.1) is 0 Å². The zero-order chi connectivity index (χ0) is 55.6. The van der Waals surface area contributed by atoms with Gasteiger partial charge in [0.1, 0.15) is 29.6 Å². The maximum Gasteiger partial charge on any atom is 0.323 e. The number of benzene rings is 1. The van der Waals surface area contributed by atoms with Crippen LogP contribution in [-0.2, 0) is 63.3 Å². The number of carboxylic acids is 4. The van der Waals surface area contributed by atoms with Crippen molar-refractivity contribution >= 4 is 67.6 Å². The standard InChI is InChI=1S/C42H71N11O19S2/c1-28-20-30(21-29(2)39(28)74(69,70)49-32(22-44-3)42(64)65)71-18-5-7-34(54)45-8-9-46-40(62)33(27-73(66,67)68)48-41(63)31(6-4-19-72-43)47-35(55)23-50-10-12-51(24-36(56)57)14-16-53(26-38(60)61)17-15-52(13-11-50)25-37(58)59/h20-21,31-33,44,49H,4-19,22-27,43H2,1-3H3,(H,45,54)(H,46,62)(H,47,55)(H,48,63)(H,56,57)(H,58,59)(H,60,61)(H,64,65)(H,66,67,68). The van der Waals surface area contributed by atoms with Crippen LogP contribution in [0, 0.1) is 13.8 Å². The second-order valence-electron chi connectivity index (χ2n) is 17.3. The highest BCUT2D eigenvalue weighted by molar-refractivity contribution is 7.89. The van der Waals surface area contributed by atoms with E-state index in [-0.39, 0.29) is 133 Å². The first kappa shape index (κ1) is 64.4. The minimum absolute atomic E-state index is 0.0329. The molecule has 0 radical (unpaired) electrons. The number of likely N-dealkylation sites (N-methyl/N-ethyl adjacent to an activating group) is 1. The zero-order valence-electron chi connectivity index (χ0n) is 41.6. The molecule has 1 aliphatic rings. The van der Waals surface area contributed by atoms with Crippen LogP contribution >= 0.6 is 0 Å². The molecule has 30 nitrogen and oxygen atoms in total. The summed E-state index contributed by atoms with van der Waals surface area (Å²) < 4.78 is 67.6. The number of carbonyl (C=O) groups excluding carboxylic acids is 4. The number of aryl methyl sites for hydroxylation is 2. The number of amides is 4. The predicted molar refractivity (Wildman–Crippen MR) is 261 cm³/mol. The van der Waals surface area contributed by atoms with Gasteiger partial charge >= 0.3 is 23.9 Å². The van der Waals surface area contributed by atoms with Crippen molar-refractivity contribution in [3.05, 3.63) is 23.3 Å². The highest BCUT2D eigenvalue weighted by Gasteiger charge is 2.31. The van der Waals surface area contributed by atoms with Crippen LogP contribution in [-0.4, -0.2) is 251 Å². The number of hydrogen-bond donors (Lipinski definition) is 12. The molecule has 74 heavy (non-hydrogen) atoms. The van der Waals surface area contributed by atoms with Crippen molar-refractivity contribution in [2.75, 3.05) is 124 Å². The Hall–Kier alpha value is -5.68. The van der Waals surface area contributed by atoms with E-state index in [2.05, 4.69) is 36.1 Å². The Labute approximate surface area is 428 Å². The zero-order valence-corrected chi connectivity index (χ0v) is 43.2. The van der Waals surface area contributed by atoms with Crippen LogP contribution < -0.4 is 41.9 Å². The molecule has 3 unspecified atom stereocenters. The maximum atomic E-state index is 13.7. The van der Waals surface area contributed by atoms with E-state index in [1.807, 2.05) is 0 Å². The number of nitrogens with one attached hydrogen (secondary N) is 6. The highest BCUT2D eigenvalue weighted by atomic mass is 32.2. The number of nitrogens with zero attached hydrogens (tertiary/aromatic N) is 4. The summed E-state index contributed by atoms with van der Waals surface area (Å²) in [5.41, 5.74) is 0.577. The number of aliphatic carboxylic acids is 4. The molecule has 13 N–H and O–H groups in total. The maximum absolute atomic E-state index is 13.7. The van der Waals surface area contributed by atoms with Crippen molar-refractivity contribution in [3.63, 3.8) is 0 Å². The molecular formula is C42H71N11O19S2. The van der Waals surface area contributed by atoms with Gasteiger partial charge in [0.15, 0.2) is 0 Å². The largest absolute Gasteiger partial charge is 0.494 e. The molecule has 1 aliphatic heterocycles. The number of rotatable bonds is 32. The van der Waals surface area contributed by atoms with E-state index in [1.54, 1.807) is 19.6 Å². The lowest BCUT2D eigenvalue weighted by atomic mass is 10.1. The number of ether oxygens (including phenoxy) is 1. The molecule has 0 saturated carbocycles. The molecule has 32 heteroatoms. The molecule has 2 rings (SSSR count). The second-order valence-corrected chi connectivity index (χ2v) is 20.4. The predicted octanol–water partition coefficient (Wildman–Crippen LogP) is -5.35. The molecule has 3 atom stereocenters. The fourth-order valence-corrected chi connectivity index (χ4v) is 9.90. The van der Waals surface area contributed by atoms with E-state index in [4.69, 9.17) is 10.6 Å². The summed E-state index contributed by atoms with van der Waals surface area (Å²) >= 11 is 0. The molecule has 0 bridgehead atoms. The van der Waals surface area contributed by atoms with Gasteiger partial charge in [-0.25, -0.2) is 14.3 Å². The monoisotopic (exact) mass is 1100 g/mol. The summed E-state index contributed by atoms with van der Waals surface area (Å²) in [6, 6.07) is -1.82. The van der Waals surface area contributed by atoms with Crippen LogP contribution in [0.5, 0.6) is 5.75 Å². The number of carbonyl (C=O) groups is 8. The van der Waals surface area contributed by atoms with Gasteiger partial charge in [0, 0.05) is 78.4 Å². The minimum atomic E-state index is -4.90. The van der Waals surface area contributed by atoms with Crippen molar-refractivity contribution < 1.29 is 89.7 Å². The Balaban J connectivity index is 2.05. The molecule has 420 valence electrons. The molecule has 1 heterocycles. The Morgan fingerprint density at radius 3 is 1.58 bits per heavy atom. The van der Waals surface area contributed by atoms with Gasteiger partial charge < -0.3 is 56.6 Å². The number of carboxylic acid groups (broad SMARTS) is 4. The van der Waals surface area contributed by atoms with Crippen molar-refractivity contribution in [3.8, 4) is 5.75 Å². The van der Waals surface area contributed by atoms with Gasteiger partial charge in [-0.05, 0) is 63.4 Å². The smallest absolute Gasteiger partial charge is 0.323 e. The molecular weight excluding hydrogens is 1030 g/mol. The highest BCUT2D eigenvalue weighted by Crippen LogP contribution is 2.26. The van der Waals surface area contributed by atoms with E-state index < -0.39 is 111 Å². The second kappa shape index (κ2) is 32.6. The quantitative estimate of drug-likeness (QED) is 0.0182. The lowest BCUT2D eigenvalue weighted by Gasteiger charge is -2.33. The average Bonchev–Trinajstić information content (AvgIpc) is 3.28. The number of sulfonamides is 1. The average molecular weight is 1100 g/mol. The molecule has 1 aromatic rings. The third-order valence-electron chi connectivity index (χ3n) is 11.1. The summed E-state index contributed by atoms with van der Waals surface area (Å²) in [5, 5.41) is 50.2. The van der Waals surface area contributed by atoms with E-state index in [0.717, 1.165) is 0 Å². The van der Waals surface area contributed by atoms with Crippen LogP contribution in [0.2, 0.25) is 0 Å². The Kier molecular flexibility index (Phi) is 28.4. The van der Waals surface area contributed by atoms with E-state index in [0.29, 0.717) is 5.75 Å². The van der Waals surface area contributed by atoms with Crippen LogP contribution in [0.3, 0.4) is 0 Å². The third-order valence-corrected chi connectivity index (χ3v) is 13.6. The summed E-state index contributed by atoms with van der Waals surface area (Å²) in [6.07, 6.45) is 0.0939. The van der Waals surface area contributed by atoms with Crippen molar-refractivity contribution in [2.45, 2.75) is 62.6 Å². The van der Waals surface area contributed by atoms with Crippen LogP contribution in [0.4, 0.5) is 0 Å². The first-order chi connectivity index (χ1) is 34.7. The van der Waals surface area contributed by atoms with E-state index >= 15 is 0 Å². The summed E-state index contributed by atoms with van der Waals surface area (Å²) in [4.78, 5) is 110. The van der Waals surface area contributed by atoms with E-state index in [9.17, 15) is 80.2 Å². The Bertz CT molecular complexity index is 2240. The normalized spacial score (nSPS) is 16.1. The van der Waals surface area contributed by atoms with Crippen molar-refractivity contribution in [2.24, 2.45) is 5.90 Å². The van der Waals surface area contributed by atoms with Crippen LogP contribution in [0.25, 0.3) is 0 Å². The van der Waals surface area contributed by atoms with Gasteiger partial charge in [-0.3, -0.25) is 62.5 Å². The van der Waals surface area contributed by atoms with Crippen molar-refractivity contribution in [1.82, 2.24) is 50.9 Å². The van der Waals surface area contributed by atoms with Gasteiger partial charge in [0.2, 0.25) is 33.7 Å². The topological polar surface area (TPSA) is 436 Å². The van der Waals surface area contributed by atoms with E-state index in [1.165, 1.54) is 33.0 Å². The fraction of sp³-hybridized carbons (Fsp3) is 0.667. The molecule has 1 aromatic carbocycles. The lowest BCUT2D eigenvalue weighted by Crippen LogP contribution is -2.57. The van der Waals surface area contributed by atoms with Gasteiger partial charge in [-0.2, -0.15) is 13.1 Å². The first-order valence-electron chi connectivity index (χ1n) is 23.3. The van der Waals surface area contributed by atoms with Gasteiger partial charge in [-0.1, -0.05) is 0 Å². The third kappa shape index (κ3) is 26.0. The molecule has 0 spiro atoms. The fourth-order valence-electron chi connectivity index (χ4n) is 7.60. The van der Waals surface area contributed by atoms with Crippen LogP contribution in [0.15, 0.2) is 17.0 Å². The minimum Gasteiger partial charge on any atom is -0.494 e. The Morgan fingerprint density at radius 1 is 0.649 bits per heavy atom. The Morgan fingerprint density at radius 2 is 1.14 bits per heavy atom. The van der Waals surface area contributed by atoms with Crippen LogP contribution in [0.1, 0.15) is 36.8 Å². The SMILES string of the molecule is CNCC(NS(=O)(=O)c1c(C)cc(OCCCC(=O)NCCNC(=O)C(CS(=O)(=O)O)NC(=O)C(CCCON)NC(=O)CN2CCN(CC(=O)O)CCN(CC(=O)O)CCN(CC(=O)O)CC2)cc1C)C(=O)O. The molecule has 0 aliphatic carbocycles. The molecule has 0 aromatic heterocycles. The molecule has 1 saturated heterocycles. The van der Waals surface area contributed by atoms with Crippen molar-refractivity contribution in [1.29, 1.82) is 0 Å². The number of nitrogens with two attached hydrogens (primary N) is 1. The van der Waals surface area contributed by atoms with Gasteiger partial charge in [0.05, 0.1) is 44.3 Å². The molecule has 4 amide bonds. The summed E-state index contributed by atoms with van der Waals surface area (Å²) in [6.45, 7) is 1.73. The first-order valence-corrected chi connectivity index (χ1v) is 26.4. The lowest BCUT2D eigenvalue weighted by molar-refractivity contribution is -0.140. The summed E-state index contributed by atoms with van der Waals surface area (Å²) in [5.74, 6) is -3.93. The number of hydrogen-bond acceptors (Lipinski definition) is 20. The summed E-state index contributed by atoms with van der Waals surface area (Å²) in [7, 11) is -7.65. The van der Waals surface area contributed by atoms with Gasteiger partial charge in [0.25, 0.3) is 10.1 Å². The molecule has 1 fully saturated rings.